The van der Waals surface area contributed by atoms with Gasteiger partial charge < -0.3 is 15.4 Å². The molecule has 9 heteroatoms. The Bertz CT molecular complexity index is 881. The number of benzene rings is 1. The Morgan fingerprint density at radius 1 is 1.32 bits per heavy atom. The number of sulfonamides is 1. The number of amides is 1. The van der Waals surface area contributed by atoms with Gasteiger partial charge in [0.15, 0.2) is 0 Å². The minimum atomic E-state index is -3.84. The van der Waals surface area contributed by atoms with Gasteiger partial charge in [0.25, 0.3) is 5.91 Å². The van der Waals surface area contributed by atoms with Gasteiger partial charge in [0, 0.05) is 32.4 Å². The molecule has 0 fully saturated rings. The quantitative estimate of drug-likeness (QED) is 0.749. The van der Waals surface area contributed by atoms with Crippen molar-refractivity contribution in [1.82, 2.24) is 9.71 Å². The van der Waals surface area contributed by atoms with Crippen LogP contribution in [-0.2, 0) is 16.6 Å². The van der Waals surface area contributed by atoms with Gasteiger partial charge in [-0.1, -0.05) is 6.07 Å². The molecule has 0 unspecified atom stereocenters. The van der Waals surface area contributed by atoms with Crippen LogP contribution in [-0.4, -0.2) is 40.5 Å². The molecule has 0 saturated heterocycles. The lowest BCUT2D eigenvalue weighted by Crippen LogP contribution is -2.25. The third-order valence-corrected chi connectivity index (χ3v) is 4.89. The van der Waals surface area contributed by atoms with Gasteiger partial charge in [-0.15, -0.1) is 0 Å². The van der Waals surface area contributed by atoms with Crippen molar-refractivity contribution < 1.29 is 17.9 Å². The average Bonchev–Trinajstić information content (AvgIpc) is 2.59. The van der Waals surface area contributed by atoms with Crippen molar-refractivity contribution in [1.29, 1.82) is 0 Å². The maximum absolute atomic E-state index is 12.5. The summed E-state index contributed by atoms with van der Waals surface area (Å²) in [6.45, 7) is 0.0572. The number of rotatable bonds is 7. The lowest BCUT2D eigenvalue weighted by atomic mass is 10.2. The fourth-order valence-corrected chi connectivity index (χ4v) is 3.31. The third-order valence-electron chi connectivity index (χ3n) is 3.49. The van der Waals surface area contributed by atoms with Crippen LogP contribution >= 0.6 is 0 Å². The first-order chi connectivity index (χ1) is 11.8. The Labute approximate surface area is 146 Å². The van der Waals surface area contributed by atoms with Crippen LogP contribution in [0.5, 0.6) is 5.75 Å². The van der Waals surface area contributed by atoms with Gasteiger partial charge in [0.05, 0.1) is 17.6 Å². The number of pyridine rings is 1. The first-order valence-electron chi connectivity index (χ1n) is 7.35. The molecule has 1 amide bonds. The first kappa shape index (κ1) is 18.7. The molecule has 1 aromatic carbocycles. The van der Waals surface area contributed by atoms with Gasteiger partial charge in [0.2, 0.25) is 10.0 Å². The van der Waals surface area contributed by atoms with E-state index >= 15 is 0 Å². The van der Waals surface area contributed by atoms with Crippen molar-refractivity contribution in [3.8, 4) is 5.75 Å². The summed E-state index contributed by atoms with van der Waals surface area (Å²) >= 11 is 0. The molecule has 0 aliphatic rings. The Balaban J connectivity index is 2.29. The van der Waals surface area contributed by atoms with E-state index < -0.39 is 15.9 Å². The number of hydrogen-bond acceptors (Lipinski definition) is 6. The summed E-state index contributed by atoms with van der Waals surface area (Å²) in [4.78, 5) is 17.4. The number of primary amides is 1. The minimum Gasteiger partial charge on any atom is -0.496 e. The molecule has 0 bridgehead atoms. The second kappa shape index (κ2) is 7.49. The lowest BCUT2D eigenvalue weighted by molar-refractivity contribution is 0.0997. The lowest BCUT2D eigenvalue weighted by Gasteiger charge is -2.16. The van der Waals surface area contributed by atoms with Crippen LogP contribution < -0.4 is 20.1 Å². The number of methoxy groups -OCH3 is 1. The molecule has 3 N–H and O–H groups in total. The number of nitrogens with two attached hydrogens (primary N) is 1. The van der Waals surface area contributed by atoms with Crippen LogP contribution in [0.25, 0.3) is 0 Å². The minimum absolute atomic E-state index is 0.000679. The predicted molar refractivity (Wildman–Crippen MR) is 94.1 cm³/mol. The fraction of sp³-hybridized carbons (Fsp3) is 0.250. The molecule has 2 aromatic rings. The highest BCUT2D eigenvalue weighted by atomic mass is 32.2. The molecular formula is C16H20N4O4S. The molecule has 0 spiro atoms. The van der Waals surface area contributed by atoms with Crippen molar-refractivity contribution in [2.75, 3.05) is 26.1 Å². The van der Waals surface area contributed by atoms with Gasteiger partial charge in [-0.05, 0) is 24.3 Å². The average molecular weight is 364 g/mol. The normalized spacial score (nSPS) is 11.2. The topological polar surface area (TPSA) is 115 Å². The number of carbonyl (C=O) groups is 1. The summed E-state index contributed by atoms with van der Waals surface area (Å²) in [5.41, 5.74) is 6.00. The van der Waals surface area contributed by atoms with Crippen molar-refractivity contribution in [3.63, 3.8) is 0 Å². The number of nitrogens with zero attached hydrogens (tertiary/aromatic N) is 2. The summed E-state index contributed by atoms with van der Waals surface area (Å²) in [7, 11) is 1.18. The standard InChI is InChI=1S/C16H20N4O4S/c1-20(2)16-11(5-4-8-18-16)10-19-25(22,23)12-6-7-14(24-3)13(9-12)15(17)21/h4-9,19H,10H2,1-3H3,(H2,17,21). The number of carbonyl (C=O) groups excluding carboxylic acids is 1. The van der Waals surface area contributed by atoms with Crippen molar-refractivity contribution >= 4 is 21.7 Å². The van der Waals surface area contributed by atoms with Gasteiger partial charge in [-0.3, -0.25) is 4.79 Å². The molecule has 1 aromatic heterocycles. The van der Waals surface area contributed by atoms with Gasteiger partial charge >= 0.3 is 0 Å². The third kappa shape index (κ3) is 4.25. The summed E-state index contributed by atoms with van der Waals surface area (Å²) in [5, 5.41) is 0. The Morgan fingerprint density at radius 3 is 2.64 bits per heavy atom. The Hall–Kier alpha value is -2.65. The number of aromatic nitrogens is 1. The van der Waals surface area contributed by atoms with E-state index in [2.05, 4.69) is 9.71 Å². The van der Waals surface area contributed by atoms with Gasteiger partial charge in [-0.25, -0.2) is 18.1 Å². The molecule has 1 heterocycles. The van der Waals surface area contributed by atoms with Crippen LogP contribution in [0, 0.1) is 0 Å². The van der Waals surface area contributed by atoms with Gasteiger partial charge in [-0.2, -0.15) is 0 Å². The van der Waals surface area contributed by atoms with Crippen molar-refractivity contribution in [2.24, 2.45) is 5.73 Å². The molecule has 8 nitrogen and oxygen atoms in total. The van der Waals surface area contributed by atoms with E-state index in [1.807, 2.05) is 14.1 Å². The van der Waals surface area contributed by atoms with E-state index in [0.29, 0.717) is 5.82 Å². The molecule has 0 atom stereocenters. The second-order valence-corrected chi connectivity index (χ2v) is 7.20. The van der Waals surface area contributed by atoms with Crippen LogP contribution in [0.2, 0.25) is 0 Å². The zero-order valence-corrected chi connectivity index (χ0v) is 15.0. The van der Waals surface area contributed by atoms with Crippen molar-refractivity contribution in [2.45, 2.75) is 11.4 Å². The molecule has 2 rings (SSSR count). The highest BCUT2D eigenvalue weighted by molar-refractivity contribution is 7.89. The van der Waals surface area contributed by atoms with E-state index in [1.54, 1.807) is 23.2 Å². The largest absolute Gasteiger partial charge is 0.496 e. The maximum Gasteiger partial charge on any atom is 0.252 e. The van der Waals surface area contributed by atoms with E-state index in [0.717, 1.165) is 5.56 Å². The van der Waals surface area contributed by atoms with Crippen LogP contribution in [0.4, 0.5) is 5.82 Å². The van der Waals surface area contributed by atoms with E-state index in [-0.39, 0.29) is 22.8 Å². The summed E-state index contributed by atoms with van der Waals surface area (Å²) in [6, 6.07) is 7.45. The number of hydrogen-bond donors (Lipinski definition) is 2. The fourth-order valence-electron chi connectivity index (χ4n) is 2.27. The highest BCUT2D eigenvalue weighted by Gasteiger charge is 2.19. The van der Waals surface area contributed by atoms with Gasteiger partial charge in [0.1, 0.15) is 11.6 Å². The van der Waals surface area contributed by atoms with E-state index in [1.165, 1.54) is 25.3 Å². The van der Waals surface area contributed by atoms with E-state index in [4.69, 9.17) is 10.5 Å². The second-order valence-electron chi connectivity index (χ2n) is 5.43. The number of anilines is 1. The van der Waals surface area contributed by atoms with Crippen LogP contribution in [0.15, 0.2) is 41.4 Å². The smallest absolute Gasteiger partial charge is 0.252 e. The maximum atomic E-state index is 12.5. The molecule has 0 saturated carbocycles. The molecule has 25 heavy (non-hydrogen) atoms. The van der Waals surface area contributed by atoms with Crippen molar-refractivity contribution in [3.05, 3.63) is 47.7 Å². The molecule has 134 valence electrons. The van der Waals surface area contributed by atoms with Crippen LogP contribution in [0.3, 0.4) is 0 Å². The van der Waals surface area contributed by atoms with Crippen LogP contribution in [0.1, 0.15) is 15.9 Å². The predicted octanol–water partition coefficient (Wildman–Crippen LogP) is 0.734. The first-order valence-corrected chi connectivity index (χ1v) is 8.83. The SMILES string of the molecule is COc1ccc(S(=O)(=O)NCc2cccnc2N(C)C)cc1C(N)=O. The summed E-state index contributed by atoms with van der Waals surface area (Å²) in [6.07, 6.45) is 1.63. The highest BCUT2D eigenvalue weighted by Crippen LogP contribution is 2.22. The monoisotopic (exact) mass is 364 g/mol. The zero-order chi connectivity index (χ0) is 18.6. The molecular weight excluding hydrogens is 344 g/mol. The number of ether oxygens (including phenoxy) is 1. The Morgan fingerprint density at radius 2 is 2.04 bits per heavy atom. The summed E-state index contributed by atoms with van der Waals surface area (Å²) < 4.78 is 32.6. The van der Waals surface area contributed by atoms with E-state index in [9.17, 15) is 13.2 Å². The molecule has 0 aliphatic carbocycles. The number of nitrogens with one attached hydrogen (secondary N) is 1. The Kier molecular flexibility index (Phi) is 5.60. The summed E-state index contributed by atoms with van der Waals surface area (Å²) in [5.74, 6) is 0.113. The molecule has 0 aliphatic heterocycles. The molecule has 0 radical (unpaired) electrons. The zero-order valence-electron chi connectivity index (χ0n) is 14.2.